The largest absolute Gasteiger partial charge is 0.457 e. The summed E-state index contributed by atoms with van der Waals surface area (Å²) in [4.78, 5) is 25.2. The number of benzene rings is 3. The molecule has 3 rings (SSSR count). The Hall–Kier alpha value is -3.25. The van der Waals surface area contributed by atoms with E-state index < -0.39 is 11.9 Å². The number of carbonyl (C=O) groups excluding carboxylic acids is 2. The van der Waals surface area contributed by atoms with Crippen molar-refractivity contribution in [3.05, 3.63) is 84.4 Å². The number of amides is 1. The molecule has 1 amide bonds. The number of rotatable bonds is 7. The summed E-state index contributed by atoms with van der Waals surface area (Å²) in [7, 11) is 0. The zero-order valence-corrected chi connectivity index (χ0v) is 16.1. The predicted octanol–water partition coefficient (Wildman–Crippen LogP) is 5.00. The Labute approximate surface area is 167 Å². The highest BCUT2D eigenvalue weighted by Crippen LogP contribution is 2.21. The van der Waals surface area contributed by atoms with Gasteiger partial charge in [0.15, 0.2) is 6.61 Å². The number of hydrogen-bond acceptors (Lipinski definition) is 5. The maximum Gasteiger partial charge on any atom is 0.338 e. The minimum Gasteiger partial charge on any atom is -0.457 e. The average molecular weight is 393 g/mol. The quantitative estimate of drug-likeness (QED) is 0.452. The van der Waals surface area contributed by atoms with Crippen LogP contribution in [-0.2, 0) is 9.53 Å². The first-order chi connectivity index (χ1) is 13.6. The minimum absolute atomic E-state index is 0.345. The molecule has 3 aromatic rings. The molecule has 0 saturated carbocycles. The van der Waals surface area contributed by atoms with Gasteiger partial charge < -0.3 is 14.8 Å². The van der Waals surface area contributed by atoms with Crippen molar-refractivity contribution in [3.8, 4) is 11.5 Å². The Balaban J connectivity index is 1.50. The molecule has 142 valence electrons. The Kier molecular flexibility index (Phi) is 6.70. The topological polar surface area (TPSA) is 64.6 Å². The molecule has 6 heteroatoms. The van der Waals surface area contributed by atoms with E-state index in [0.717, 1.165) is 4.90 Å². The van der Waals surface area contributed by atoms with Crippen LogP contribution in [0.4, 0.5) is 5.69 Å². The number of carbonyl (C=O) groups is 2. The van der Waals surface area contributed by atoms with Crippen molar-refractivity contribution < 1.29 is 19.1 Å². The number of hydrogen-bond donors (Lipinski definition) is 1. The van der Waals surface area contributed by atoms with Crippen molar-refractivity contribution in [2.24, 2.45) is 0 Å². The summed E-state index contributed by atoms with van der Waals surface area (Å²) in [6, 6.07) is 23.3. The van der Waals surface area contributed by atoms with E-state index in [9.17, 15) is 9.59 Å². The summed E-state index contributed by atoms with van der Waals surface area (Å²) in [5.74, 6) is 0.351. The first-order valence-electron chi connectivity index (χ1n) is 8.58. The second kappa shape index (κ2) is 9.62. The van der Waals surface area contributed by atoms with Crippen LogP contribution in [0.1, 0.15) is 10.4 Å². The number of nitrogens with one attached hydrogen (secondary N) is 1. The molecule has 0 spiro atoms. The van der Waals surface area contributed by atoms with Gasteiger partial charge in [0.2, 0.25) is 0 Å². The average Bonchev–Trinajstić information content (AvgIpc) is 2.73. The maximum absolute atomic E-state index is 12.1. The molecule has 0 heterocycles. The summed E-state index contributed by atoms with van der Waals surface area (Å²) in [6.07, 6.45) is 1.96. The molecule has 0 unspecified atom stereocenters. The molecule has 0 aromatic heterocycles. The van der Waals surface area contributed by atoms with Crippen LogP contribution < -0.4 is 10.1 Å². The van der Waals surface area contributed by atoms with Gasteiger partial charge in [0, 0.05) is 10.6 Å². The third-order valence-electron chi connectivity index (χ3n) is 3.76. The standard InChI is InChI=1S/C22H19NO4S/c1-28-20-9-5-6-17(14-20)23-21(24)15-26-22(25)16-10-12-19(13-11-16)27-18-7-3-2-4-8-18/h2-14H,15H2,1H3,(H,23,24). The zero-order chi connectivity index (χ0) is 19.8. The lowest BCUT2D eigenvalue weighted by molar-refractivity contribution is -0.119. The van der Waals surface area contributed by atoms with E-state index in [4.69, 9.17) is 9.47 Å². The molecule has 28 heavy (non-hydrogen) atoms. The van der Waals surface area contributed by atoms with Crippen LogP contribution in [0.5, 0.6) is 11.5 Å². The predicted molar refractivity (Wildman–Crippen MR) is 110 cm³/mol. The van der Waals surface area contributed by atoms with Gasteiger partial charge in [0.1, 0.15) is 11.5 Å². The van der Waals surface area contributed by atoms with E-state index in [-0.39, 0.29) is 6.61 Å². The fourth-order valence-electron chi connectivity index (χ4n) is 2.40. The molecule has 0 bridgehead atoms. The van der Waals surface area contributed by atoms with Crippen molar-refractivity contribution in [2.45, 2.75) is 4.90 Å². The molecule has 1 N–H and O–H groups in total. The lowest BCUT2D eigenvalue weighted by Crippen LogP contribution is -2.20. The monoisotopic (exact) mass is 393 g/mol. The number of para-hydroxylation sites is 1. The fraction of sp³-hybridized carbons (Fsp3) is 0.0909. The van der Waals surface area contributed by atoms with Crippen molar-refractivity contribution in [2.75, 3.05) is 18.2 Å². The van der Waals surface area contributed by atoms with Gasteiger partial charge in [-0.1, -0.05) is 24.3 Å². The van der Waals surface area contributed by atoms with Gasteiger partial charge in [-0.15, -0.1) is 11.8 Å². The normalized spacial score (nSPS) is 10.2. The number of esters is 1. The zero-order valence-electron chi connectivity index (χ0n) is 15.3. The van der Waals surface area contributed by atoms with Crippen LogP contribution in [0.3, 0.4) is 0 Å². The number of ether oxygens (including phenoxy) is 2. The first-order valence-corrected chi connectivity index (χ1v) is 9.80. The van der Waals surface area contributed by atoms with Crippen LogP contribution in [0.2, 0.25) is 0 Å². The van der Waals surface area contributed by atoms with E-state index in [1.807, 2.05) is 54.8 Å². The van der Waals surface area contributed by atoms with E-state index in [0.29, 0.717) is 22.7 Å². The van der Waals surface area contributed by atoms with Crippen LogP contribution in [0.15, 0.2) is 83.8 Å². The SMILES string of the molecule is CSc1cccc(NC(=O)COC(=O)c2ccc(Oc3ccccc3)cc2)c1. The second-order valence-corrected chi connectivity index (χ2v) is 6.68. The van der Waals surface area contributed by atoms with E-state index in [1.54, 1.807) is 42.1 Å². The van der Waals surface area contributed by atoms with Crippen LogP contribution >= 0.6 is 11.8 Å². The third-order valence-corrected chi connectivity index (χ3v) is 4.48. The van der Waals surface area contributed by atoms with Crippen molar-refractivity contribution in [1.82, 2.24) is 0 Å². The van der Waals surface area contributed by atoms with Gasteiger partial charge in [-0.3, -0.25) is 4.79 Å². The van der Waals surface area contributed by atoms with Crippen molar-refractivity contribution in [1.29, 1.82) is 0 Å². The van der Waals surface area contributed by atoms with Gasteiger partial charge in [-0.05, 0) is 60.9 Å². The lowest BCUT2D eigenvalue weighted by Gasteiger charge is -2.08. The van der Waals surface area contributed by atoms with Gasteiger partial charge >= 0.3 is 5.97 Å². The molecular formula is C22H19NO4S. The Bertz CT molecular complexity index is 942. The summed E-state index contributed by atoms with van der Waals surface area (Å²) >= 11 is 1.58. The number of anilines is 1. The van der Waals surface area contributed by atoms with Crippen LogP contribution in [0, 0.1) is 0 Å². The summed E-state index contributed by atoms with van der Waals surface area (Å²) in [5, 5.41) is 2.71. The molecule has 0 atom stereocenters. The van der Waals surface area contributed by atoms with Gasteiger partial charge in [-0.25, -0.2) is 4.79 Å². The van der Waals surface area contributed by atoms with E-state index in [1.165, 1.54) is 0 Å². The molecular weight excluding hydrogens is 374 g/mol. The molecule has 3 aromatic carbocycles. The van der Waals surface area contributed by atoms with Crippen molar-refractivity contribution in [3.63, 3.8) is 0 Å². The highest BCUT2D eigenvalue weighted by atomic mass is 32.2. The summed E-state index contributed by atoms with van der Waals surface area (Å²) in [5.41, 5.74) is 1.01. The maximum atomic E-state index is 12.1. The van der Waals surface area contributed by atoms with Gasteiger partial charge in [0.05, 0.1) is 5.56 Å². The Morgan fingerprint density at radius 1 is 0.893 bits per heavy atom. The molecule has 0 aliphatic carbocycles. The summed E-state index contributed by atoms with van der Waals surface area (Å²) in [6.45, 7) is -0.357. The molecule has 0 fully saturated rings. The van der Waals surface area contributed by atoms with Crippen LogP contribution in [0.25, 0.3) is 0 Å². The molecule has 0 saturated heterocycles. The minimum atomic E-state index is -0.570. The lowest BCUT2D eigenvalue weighted by atomic mass is 10.2. The smallest absolute Gasteiger partial charge is 0.338 e. The third kappa shape index (κ3) is 5.62. The second-order valence-electron chi connectivity index (χ2n) is 5.80. The van der Waals surface area contributed by atoms with E-state index >= 15 is 0 Å². The molecule has 0 aliphatic heterocycles. The molecule has 0 radical (unpaired) electrons. The van der Waals surface area contributed by atoms with E-state index in [2.05, 4.69) is 5.32 Å². The Morgan fingerprint density at radius 3 is 2.32 bits per heavy atom. The molecule has 0 aliphatic rings. The van der Waals surface area contributed by atoms with Crippen LogP contribution in [-0.4, -0.2) is 24.7 Å². The highest BCUT2D eigenvalue weighted by Gasteiger charge is 2.11. The molecule has 5 nitrogen and oxygen atoms in total. The van der Waals surface area contributed by atoms with Gasteiger partial charge in [-0.2, -0.15) is 0 Å². The number of thioether (sulfide) groups is 1. The Morgan fingerprint density at radius 2 is 1.61 bits per heavy atom. The fourth-order valence-corrected chi connectivity index (χ4v) is 2.86. The highest BCUT2D eigenvalue weighted by molar-refractivity contribution is 7.98. The summed E-state index contributed by atoms with van der Waals surface area (Å²) < 4.78 is 10.8. The first kappa shape index (κ1) is 19.5. The van der Waals surface area contributed by atoms with Gasteiger partial charge in [0.25, 0.3) is 5.91 Å². The van der Waals surface area contributed by atoms with Crippen molar-refractivity contribution >= 4 is 29.3 Å².